The third kappa shape index (κ3) is 3.68. The minimum atomic E-state index is 0.216. The van der Waals surface area contributed by atoms with Crippen molar-refractivity contribution in [1.82, 2.24) is 9.97 Å². The van der Waals surface area contributed by atoms with Crippen molar-refractivity contribution in [2.24, 2.45) is 0 Å². The fourth-order valence-electron chi connectivity index (χ4n) is 1.72. The highest BCUT2D eigenvalue weighted by Gasteiger charge is 2.03. The molecule has 0 fully saturated rings. The minimum Gasteiger partial charge on any atom is -0.357 e. The first-order valence-corrected chi connectivity index (χ1v) is 6.87. The second kappa shape index (κ2) is 6.35. The predicted molar refractivity (Wildman–Crippen MR) is 83.0 cm³/mol. The van der Waals surface area contributed by atoms with Gasteiger partial charge in [-0.15, -0.1) is 0 Å². The molecule has 1 heterocycles. The van der Waals surface area contributed by atoms with Crippen LogP contribution >= 0.6 is 15.9 Å². The number of hydrogen-bond donors (Lipinski definition) is 2. The molecular weight excluding hydrogens is 318 g/mol. The second-order valence-corrected chi connectivity index (χ2v) is 5.14. The topological polar surface area (TPSA) is 73.6 Å². The summed E-state index contributed by atoms with van der Waals surface area (Å²) in [6.07, 6.45) is 0. The summed E-state index contributed by atoms with van der Waals surface area (Å²) in [5, 5.41) is 14.7. The maximum atomic E-state index is 8.58. The van der Waals surface area contributed by atoms with Crippen molar-refractivity contribution < 1.29 is 0 Å². The van der Waals surface area contributed by atoms with Gasteiger partial charge in [0.1, 0.15) is 24.0 Å². The van der Waals surface area contributed by atoms with Crippen molar-refractivity contribution >= 4 is 33.3 Å². The van der Waals surface area contributed by atoms with Crippen LogP contribution in [0.4, 0.5) is 17.3 Å². The van der Waals surface area contributed by atoms with Gasteiger partial charge in [0.15, 0.2) is 0 Å². The van der Waals surface area contributed by atoms with E-state index in [-0.39, 0.29) is 6.54 Å². The molecule has 2 rings (SSSR count). The summed E-state index contributed by atoms with van der Waals surface area (Å²) in [4.78, 5) is 8.56. The number of halogens is 1. The Morgan fingerprint density at radius 3 is 2.65 bits per heavy atom. The van der Waals surface area contributed by atoms with Crippen LogP contribution in [0, 0.1) is 25.2 Å². The molecule has 2 N–H and O–H groups in total. The normalized spacial score (nSPS) is 9.90. The standard InChI is InChI=1S/C14H14BrN5/c1-9-7-11(3-4-12(9)15)20-14-8-13(17-6-5-16)18-10(2)19-14/h3-4,7-8H,6H2,1-2H3,(H2,17,18,19,20). The van der Waals surface area contributed by atoms with E-state index < -0.39 is 0 Å². The van der Waals surface area contributed by atoms with Gasteiger partial charge in [0.05, 0.1) is 6.07 Å². The van der Waals surface area contributed by atoms with E-state index in [4.69, 9.17) is 5.26 Å². The van der Waals surface area contributed by atoms with Gasteiger partial charge in [-0.2, -0.15) is 5.26 Å². The molecule has 0 bridgehead atoms. The van der Waals surface area contributed by atoms with E-state index in [1.54, 1.807) is 6.07 Å². The van der Waals surface area contributed by atoms with Gasteiger partial charge in [-0.25, -0.2) is 9.97 Å². The molecule has 1 aromatic carbocycles. The third-order valence-electron chi connectivity index (χ3n) is 2.62. The van der Waals surface area contributed by atoms with E-state index in [2.05, 4.69) is 36.5 Å². The van der Waals surface area contributed by atoms with E-state index >= 15 is 0 Å². The van der Waals surface area contributed by atoms with E-state index in [1.807, 2.05) is 38.1 Å². The van der Waals surface area contributed by atoms with Gasteiger partial charge in [-0.3, -0.25) is 0 Å². The van der Waals surface area contributed by atoms with E-state index in [9.17, 15) is 0 Å². The lowest BCUT2D eigenvalue weighted by Gasteiger charge is -2.10. The molecule has 102 valence electrons. The highest BCUT2D eigenvalue weighted by molar-refractivity contribution is 9.10. The summed E-state index contributed by atoms with van der Waals surface area (Å²) in [7, 11) is 0. The highest BCUT2D eigenvalue weighted by Crippen LogP contribution is 2.23. The molecule has 0 aliphatic rings. The Morgan fingerprint density at radius 2 is 1.95 bits per heavy atom. The molecule has 0 aliphatic carbocycles. The number of benzene rings is 1. The Hall–Kier alpha value is -2.13. The fourth-order valence-corrected chi connectivity index (χ4v) is 1.97. The number of nitriles is 1. The fraction of sp³-hybridized carbons (Fsp3) is 0.214. The predicted octanol–water partition coefficient (Wildman–Crippen LogP) is 3.54. The molecule has 0 atom stereocenters. The lowest BCUT2D eigenvalue weighted by atomic mass is 10.2. The SMILES string of the molecule is Cc1nc(NCC#N)cc(Nc2ccc(Br)c(C)c2)n1. The largest absolute Gasteiger partial charge is 0.357 e. The summed E-state index contributed by atoms with van der Waals surface area (Å²) >= 11 is 3.47. The molecule has 1 aromatic heterocycles. The van der Waals surface area contributed by atoms with Gasteiger partial charge >= 0.3 is 0 Å². The van der Waals surface area contributed by atoms with E-state index in [1.165, 1.54) is 0 Å². The van der Waals surface area contributed by atoms with E-state index in [0.717, 1.165) is 15.7 Å². The Labute approximate surface area is 126 Å². The van der Waals surface area contributed by atoms with Crippen LogP contribution in [0.5, 0.6) is 0 Å². The van der Waals surface area contributed by atoms with Crippen LogP contribution in [-0.2, 0) is 0 Å². The molecule has 0 amide bonds. The first-order chi connectivity index (χ1) is 9.58. The summed E-state index contributed by atoms with van der Waals surface area (Å²) in [6.45, 7) is 4.06. The van der Waals surface area contributed by atoms with Crippen molar-refractivity contribution in [3.05, 3.63) is 40.1 Å². The van der Waals surface area contributed by atoms with Crippen LogP contribution in [0.25, 0.3) is 0 Å². The minimum absolute atomic E-state index is 0.216. The van der Waals surface area contributed by atoms with Crippen molar-refractivity contribution in [2.75, 3.05) is 17.2 Å². The smallest absolute Gasteiger partial charge is 0.136 e. The Kier molecular flexibility index (Phi) is 4.53. The third-order valence-corrected chi connectivity index (χ3v) is 3.51. The Morgan fingerprint density at radius 1 is 1.20 bits per heavy atom. The Bertz CT molecular complexity index is 663. The maximum Gasteiger partial charge on any atom is 0.136 e. The molecule has 0 aliphatic heterocycles. The van der Waals surface area contributed by atoms with Gasteiger partial charge in [0, 0.05) is 16.2 Å². The van der Waals surface area contributed by atoms with Crippen molar-refractivity contribution in [1.29, 1.82) is 5.26 Å². The lowest BCUT2D eigenvalue weighted by Crippen LogP contribution is -2.05. The molecule has 0 saturated heterocycles. The zero-order valence-corrected chi connectivity index (χ0v) is 12.8. The van der Waals surface area contributed by atoms with Gasteiger partial charge in [-0.1, -0.05) is 15.9 Å². The number of nitrogens with zero attached hydrogens (tertiary/aromatic N) is 3. The molecule has 5 nitrogen and oxygen atoms in total. The number of nitrogens with one attached hydrogen (secondary N) is 2. The van der Waals surface area contributed by atoms with Gasteiger partial charge in [-0.05, 0) is 37.6 Å². The van der Waals surface area contributed by atoms with Gasteiger partial charge < -0.3 is 10.6 Å². The number of aryl methyl sites for hydroxylation is 2. The molecule has 2 aromatic rings. The summed E-state index contributed by atoms with van der Waals surface area (Å²) in [5.74, 6) is 1.97. The average Bonchev–Trinajstić information content (AvgIpc) is 2.40. The van der Waals surface area contributed by atoms with E-state index in [0.29, 0.717) is 17.5 Å². The monoisotopic (exact) mass is 331 g/mol. The van der Waals surface area contributed by atoms with Crippen LogP contribution in [0.3, 0.4) is 0 Å². The second-order valence-electron chi connectivity index (χ2n) is 4.29. The first kappa shape index (κ1) is 14.3. The molecule has 6 heteroatoms. The molecule has 0 spiro atoms. The van der Waals surface area contributed by atoms with Crippen LogP contribution in [0.2, 0.25) is 0 Å². The lowest BCUT2D eigenvalue weighted by molar-refractivity contribution is 1.05. The zero-order chi connectivity index (χ0) is 14.5. The van der Waals surface area contributed by atoms with Crippen molar-refractivity contribution in [3.63, 3.8) is 0 Å². The first-order valence-electron chi connectivity index (χ1n) is 6.08. The quantitative estimate of drug-likeness (QED) is 0.838. The zero-order valence-electron chi connectivity index (χ0n) is 11.2. The van der Waals surface area contributed by atoms with Crippen molar-refractivity contribution in [3.8, 4) is 6.07 Å². The van der Waals surface area contributed by atoms with Gasteiger partial charge in [0.2, 0.25) is 0 Å². The van der Waals surface area contributed by atoms with Crippen molar-refractivity contribution in [2.45, 2.75) is 13.8 Å². The molecular formula is C14H14BrN5. The van der Waals surface area contributed by atoms with Crippen LogP contribution in [-0.4, -0.2) is 16.5 Å². The molecule has 0 unspecified atom stereocenters. The average molecular weight is 332 g/mol. The maximum absolute atomic E-state index is 8.58. The molecule has 0 radical (unpaired) electrons. The van der Waals surface area contributed by atoms with Gasteiger partial charge in [0.25, 0.3) is 0 Å². The number of hydrogen-bond acceptors (Lipinski definition) is 5. The van der Waals surface area contributed by atoms with Crippen LogP contribution in [0.1, 0.15) is 11.4 Å². The van der Waals surface area contributed by atoms with Crippen LogP contribution < -0.4 is 10.6 Å². The number of anilines is 3. The Balaban J connectivity index is 2.22. The molecule has 0 saturated carbocycles. The van der Waals surface area contributed by atoms with Crippen LogP contribution in [0.15, 0.2) is 28.7 Å². The summed E-state index contributed by atoms with van der Waals surface area (Å²) in [6, 6.07) is 9.79. The summed E-state index contributed by atoms with van der Waals surface area (Å²) in [5.41, 5.74) is 2.10. The number of rotatable bonds is 4. The number of aromatic nitrogens is 2. The molecule has 20 heavy (non-hydrogen) atoms. The highest BCUT2D eigenvalue weighted by atomic mass is 79.9. The summed E-state index contributed by atoms with van der Waals surface area (Å²) < 4.78 is 1.07.